The molecule has 0 radical (unpaired) electrons. The third-order valence-corrected chi connectivity index (χ3v) is 5.07. The van der Waals surface area contributed by atoms with E-state index in [2.05, 4.69) is 5.32 Å². The van der Waals surface area contributed by atoms with Crippen LogP contribution in [0, 0.1) is 19.8 Å². The lowest BCUT2D eigenvalue weighted by Gasteiger charge is -2.32. The van der Waals surface area contributed by atoms with Crippen LogP contribution in [-0.4, -0.2) is 25.2 Å². The van der Waals surface area contributed by atoms with Gasteiger partial charge in [0.1, 0.15) is 5.58 Å². The van der Waals surface area contributed by atoms with E-state index in [4.69, 9.17) is 14.9 Å². The number of benzene rings is 1. The summed E-state index contributed by atoms with van der Waals surface area (Å²) in [4.78, 5) is 24.2. The normalized spacial score (nSPS) is 23.6. The Morgan fingerprint density at radius 1 is 1.24 bits per heavy atom. The molecule has 1 saturated carbocycles. The maximum absolute atomic E-state index is 12.7. The summed E-state index contributed by atoms with van der Waals surface area (Å²) in [6.45, 7) is 3.73. The molecule has 1 aromatic carbocycles. The average Bonchev–Trinajstić information content (AvgIpc) is 2.56. The van der Waals surface area contributed by atoms with E-state index in [1.54, 1.807) is 13.2 Å². The number of nitrogens with two attached hydrogens (primary N) is 1. The van der Waals surface area contributed by atoms with Gasteiger partial charge in [-0.1, -0.05) is 0 Å². The Bertz CT molecular complexity index is 858. The predicted octanol–water partition coefficient (Wildman–Crippen LogP) is 2.49. The maximum atomic E-state index is 12.7. The van der Waals surface area contributed by atoms with E-state index >= 15 is 0 Å². The number of nitrogens with one attached hydrogen (secondary N) is 1. The molecule has 1 aliphatic rings. The van der Waals surface area contributed by atoms with Crippen molar-refractivity contribution in [2.24, 2.45) is 11.7 Å². The standard InChI is InChI=1S/C19H24N2O4/c1-10-7-18(22)25-16-6-11(2)15(9-13(10)16)21-19(23)12-4-5-14(20)17(8-12)24-3/h6-7,9,12,14,17H,4-5,8,20H2,1-3H3,(H,21,23)/t12-,14+,17+/m0/s1. The summed E-state index contributed by atoms with van der Waals surface area (Å²) in [6, 6.07) is 5.09. The lowest BCUT2D eigenvalue weighted by Crippen LogP contribution is -2.44. The molecule has 1 aromatic heterocycles. The van der Waals surface area contributed by atoms with Crippen LogP contribution < -0.4 is 16.7 Å². The number of fused-ring (bicyclic) bond motifs is 1. The maximum Gasteiger partial charge on any atom is 0.336 e. The number of rotatable bonds is 3. The molecular formula is C19H24N2O4. The second-order valence-electron chi connectivity index (χ2n) is 6.85. The van der Waals surface area contributed by atoms with Gasteiger partial charge in [-0.3, -0.25) is 4.79 Å². The highest BCUT2D eigenvalue weighted by Crippen LogP contribution is 2.29. The summed E-state index contributed by atoms with van der Waals surface area (Å²) in [6.07, 6.45) is 2.08. The second kappa shape index (κ2) is 6.98. The fourth-order valence-electron chi connectivity index (χ4n) is 3.50. The first-order valence-corrected chi connectivity index (χ1v) is 8.53. The Morgan fingerprint density at radius 2 is 2.00 bits per heavy atom. The quantitative estimate of drug-likeness (QED) is 0.834. The highest BCUT2D eigenvalue weighted by Gasteiger charge is 2.32. The zero-order valence-electron chi connectivity index (χ0n) is 14.8. The SMILES string of the molecule is CO[C@@H]1C[C@@H](C(=O)Nc2cc3c(C)cc(=O)oc3cc2C)CC[C@H]1N. The van der Waals surface area contributed by atoms with Gasteiger partial charge in [0.2, 0.25) is 5.91 Å². The fourth-order valence-corrected chi connectivity index (χ4v) is 3.50. The first kappa shape index (κ1) is 17.6. The molecule has 6 heteroatoms. The van der Waals surface area contributed by atoms with Crippen LogP contribution in [0.5, 0.6) is 0 Å². The summed E-state index contributed by atoms with van der Waals surface area (Å²) in [7, 11) is 1.63. The number of amides is 1. The topological polar surface area (TPSA) is 94.6 Å². The van der Waals surface area contributed by atoms with Crippen LogP contribution >= 0.6 is 0 Å². The highest BCUT2D eigenvalue weighted by atomic mass is 16.5. The Kier molecular flexibility index (Phi) is 4.92. The monoisotopic (exact) mass is 344 g/mol. The number of carbonyl (C=O) groups is 1. The molecule has 1 aliphatic carbocycles. The minimum atomic E-state index is -0.370. The molecule has 3 rings (SSSR count). The first-order chi connectivity index (χ1) is 11.9. The third kappa shape index (κ3) is 3.60. The number of aryl methyl sites for hydroxylation is 2. The average molecular weight is 344 g/mol. The Labute approximate surface area is 146 Å². The second-order valence-corrected chi connectivity index (χ2v) is 6.85. The molecule has 25 heavy (non-hydrogen) atoms. The van der Waals surface area contributed by atoms with Crippen LogP contribution in [0.15, 0.2) is 27.4 Å². The molecule has 3 N–H and O–H groups in total. The molecule has 2 aromatic rings. The van der Waals surface area contributed by atoms with Crippen molar-refractivity contribution in [1.82, 2.24) is 0 Å². The molecule has 0 bridgehead atoms. The number of hydrogen-bond donors (Lipinski definition) is 2. The predicted molar refractivity (Wildman–Crippen MR) is 96.7 cm³/mol. The molecule has 1 fully saturated rings. The first-order valence-electron chi connectivity index (χ1n) is 8.53. The van der Waals surface area contributed by atoms with Crippen LogP contribution in [0.3, 0.4) is 0 Å². The van der Waals surface area contributed by atoms with Crippen molar-refractivity contribution in [3.63, 3.8) is 0 Å². The lowest BCUT2D eigenvalue weighted by atomic mass is 9.83. The van der Waals surface area contributed by atoms with Gasteiger partial charge in [0.25, 0.3) is 0 Å². The van der Waals surface area contributed by atoms with Crippen LogP contribution in [0.1, 0.15) is 30.4 Å². The van der Waals surface area contributed by atoms with Crippen molar-refractivity contribution in [2.75, 3.05) is 12.4 Å². The molecule has 0 spiro atoms. The largest absolute Gasteiger partial charge is 0.423 e. The lowest BCUT2D eigenvalue weighted by molar-refractivity contribution is -0.122. The summed E-state index contributed by atoms with van der Waals surface area (Å²) in [5.41, 5.74) is 8.60. The van der Waals surface area contributed by atoms with Gasteiger partial charge in [-0.25, -0.2) is 4.79 Å². The molecule has 0 unspecified atom stereocenters. The van der Waals surface area contributed by atoms with Crippen LogP contribution in [0.2, 0.25) is 0 Å². The number of hydrogen-bond acceptors (Lipinski definition) is 5. The van der Waals surface area contributed by atoms with Crippen LogP contribution in [0.25, 0.3) is 11.0 Å². The zero-order valence-corrected chi connectivity index (χ0v) is 14.8. The molecule has 6 nitrogen and oxygen atoms in total. The van der Waals surface area contributed by atoms with Gasteiger partial charge < -0.3 is 20.2 Å². The molecule has 134 valence electrons. The van der Waals surface area contributed by atoms with Gasteiger partial charge in [-0.2, -0.15) is 0 Å². The van der Waals surface area contributed by atoms with Crippen molar-refractivity contribution in [1.29, 1.82) is 0 Å². The van der Waals surface area contributed by atoms with Crippen molar-refractivity contribution in [3.8, 4) is 0 Å². The van der Waals surface area contributed by atoms with Crippen molar-refractivity contribution in [2.45, 2.75) is 45.3 Å². The summed E-state index contributed by atoms with van der Waals surface area (Å²) < 4.78 is 10.6. The molecule has 0 saturated heterocycles. The van der Waals surface area contributed by atoms with Gasteiger partial charge >= 0.3 is 5.63 Å². The fraction of sp³-hybridized carbons (Fsp3) is 0.474. The molecule has 3 atom stereocenters. The van der Waals surface area contributed by atoms with Gasteiger partial charge in [-0.15, -0.1) is 0 Å². The number of carbonyl (C=O) groups excluding carboxylic acids is 1. The number of methoxy groups -OCH3 is 1. The van der Waals surface area contributed by atoms with E-state index in [1.807, 2.05) is 19.9 Å². The number of anilines is 1. The minimum Gasteiger partial charge on any atom is -0.423 e. The summed E-state index contributed by atoms with van der Waals surface area (Å²) in [5, 5.41) is 3.84. The van der Waals surface area contributed by atoms with Crippen LogP contribution in [0.4, 0.5) is 5.69 Å². The van der Waals surface area contributed by atoms with Crippen molar-refractivity contribution >= 4 is 22.6 Å². The highest BCUT2D eigenvalue weighted by molar-refractivity contribution is 5.96. The minimum absolute atomic E-state index is 0.0120. The molecule has 0 aliphatic heterocycles. The van der Waals surface area contributed by atoms with Gasteiger partial charge in [0, 0.05) is 36.2 Å². The van der Waals surface area contributed by atoms with E-state index in [0.717, 1.165) is 35.0 Å². The van der Waals surface area contributed by atoms with E-state index in [0.29, 0.717) is 12.0 Å². The van der Waals surface area contributed by atoms with Crippen molar-refractivity contribution < 1.29 is 13.9 Å². The third-order valence-electron chi connectivity index (χ3n) is 5.07. The summed E-state index contributed by atoms with van der Waals surface area (Å²) >= 11 is 0. The Balaban J connectivity index is 1.84. The van der Waals surface area contributed by atoms with E-state index < -0.39 is 0 Å². The molecular weight excluding hydrogens is 320 g/mol. The molecule has 1 heterocycles. The number of ether oxygens (including phenoxy) is 1. The molecule has 1 amide bonds. The van der Waals surface area contributed by atoms with E-state index in [1.165, 1.54) is 6.07 Å². The van der Waals surface area contributed by atoms with Gasteiger partial charge in [0.15, 0.2) is 0 Å². The van der Waals surface area contributed by atoms with E-state index in [-0.39, 0.29) is 29.6 Å². The van der Waals surface area contributed by atoms with E-state index in [9.17, 15) is 9.59 Å². The van der Waals surface area contributed by atoms with Crippen molar-refractivity contribution in [3.05, 3.63) is 39.7 Å². The van der Waals surface area contributed by atoms with Gasteiger partial charge in [0.05, 0.1) is 6.10 Å². The zero-order chi connectivity index (χ0) is 18.1. The van der Waals surface area contributed by atoms with Crippen LogP contribution in [-0.2, 0) is 9.53 Å². The Hall–Kier alpha value is -2.18. The Morgan fingerprint density at radius 3 is 2.72 bits per heavy atom. The van der Waals surface area contributed by atoms with Gasteiger partial charge in [-0.05, 0) is 56.4 Å². The summed E-state index contributed by atoms with van der Waals surface area (Å²) in [5.74, 6) is -0.138. The smallest absolute Gasteiger partial charge is 0.336 e.